The SMILES string of the molecule is Cc1cccc(-c2[nH]c(C(C)C)nc2-c2ccc(F)c(-c3ccc(OCCn4cccc4)cc3)c2)n1. The summed E-state index contributed by atoms with van der Waals surface area (Å²) >= 11 is 0. The fraction of sp³-hybridized carbons (Fsp3) is 0.200. The second kappa shape index (κ2) is 10.2. The Hall–Kier alpha value is -4.19. The molecular formula is C30H29FN4O. The van der Waals surface area contributed by atoms with Gasteiger partial charge in [0.05, 0.1) is 23.6 Å². The van der Waals surface area contributed by atoms with Crippen LogP contribution in [0.15, 0.2) is 85.2 Å². The van der Waals surface area contributed by atoms with E-state index in [-0.39, 0.29) is 11.7 Å². The van der Waals surface area contributed by atoms with Crippen LogP contribution >= 0.6 is 0 Å². The van der Waals surface area contributed by atoms with Crippen LogP contribution in [0, 0.1) is 12.7 Å². The van der Waals surface area contributed by atoms with Crippen molar-refractivity contribution >= 4 is 0 Å². The first-order chi connectivity index (χ1) is 17.5. The molecule has 0 bridgehead atoms. The van der Waals surface area contributed by atoms with E-state index in [2.05, 4.69) is 23.4 Å². The Kier molecular flexibility index (Phi) is 6.67. The zero-order valence-corrected chi connectivity index (χ0v) is 20.7. The van der Waals surface area contributed by atoms with E-state index in [1.165, 1.54) is 6.07 Å². The number of imidazole rings is 1. The minimum absolute atomic E-state index is 0.215. The lowest BCUT2D eigenvalue weighted by Crippen LogP contribution is -2.06. The number of hydrogen-bond donors (Lipinski definition) is 1. The van der Waals surface area contributed by atoms with E-state index in [0.29, 0.717) is 12.2 Å². The second-order valence-electron chi connectivity index (χ2n) is 9.15. The van der Waals surface area contributed by atoms with Crippen LogP contribution in [0.1, 0.15) is 31.3 Å². The third-order valence-electron chi connectivity index (χ3n) is 6.10. The lowest BCUT2D eigenvalue weighted by molar-refractivity contribution is 0.298. The summed E-state index contributed by atoms with van der Waals surface area (Å²) < 4.78 is 22.9. The molecule has 6 heteroatoms. The quantitative estimate of drug-likeness (QED) is 0.254. The molecule has 0 unspecified atom stereocenters. The van der Waals surface area contributed by atoms with E-state index in [9.17, 15) is 4.39 Å². The molecule has 0 saturated carbocycles. The predicted molar refractivity (Wildman–Crippen MR) is 141 cm³/mol. The van der Waals surface area contributed by atoms with Crippen molar-refractivity contribution in [3.8, 4) is 39.5 Å². The third-order valence-corrected chi connectivity index (χ3v) is 6.10. The number of benzene rings is 2. The van der Waals surface area contributed by atoms with Crippen molar-refractivity contribution in [2.75, 3.05) is 6.61 Å². The summed E-state index contributed by atoms with van der Waals surface area (Å²) in [6.45, 7) is 7.48. The molecule has 36 heavy (non-hydrogen) atoms. The van der Waals surface area contributed by atoms with Crippen LogP contribution < -0.4 is 4.74 Å². The van der Waals surface area contributed by atoms with Gasteiger partial charge < -0.3 is 14.3 Å². The number of ether oxygens (including phenoxy) is 1. The molecule has 0 amide bonds. The summed E-state index contributed by atoms with van der Waals surface area (Å²) in [4.78, 5) is 13.0. The number of aromatic nitrogens is 4. The summed E-state index contributed by atoms with van der Waals surface area (Å²) in [5, 5.41) is 0. The zero-order valence-electron chi connectivity index (χ0n) is 20.7. The van der Waals surface area contributed by atoms with Crippen LogP contribution in [-0.2, 0) is 6.54 Å². The van der Waals surface area contributed by atoms with Gasteiger partial charge in [-0.05, 0) is 67.1 Å². The van der Waals surface area contributed by atoms with Crippen molar-refractivity contribution in [2.45, 2.75) is 33.2 Å². The molecule has 0 radical (unpaired) electrons. The number of aromatic amines is 1. The molecular weight excluding hydrogens is 451 g/mol. The number of aryl methyl sites for hydroxylation is 1. The Balaban J connectivity index is 1.44. The van der Waals surface area contributed by atoms with Gasteiger partial charge in [-0.2, -0.15) is 0 Å². The normalized spacial score (nSPS) is 11.2. The smallest absolute Gasteiger partial charge is 0.131 e. The van der Waals surface area contributed by atoms with E-state index in [1.54, 1.807) is 6.07 Å². The fourth-order valence-electron chi connectivity index (χ4n) is 4.15. The van der Waals surface area contributed by atoms with Crippen molar-refractivity contribution < 1.29 is 9.13 Å². The number of hydrogen-bond acceptors (Lipinski definition) is 3. The van der Waals surface area contributed by atoms with E-state index in [1.807, 2.05) is 80.0 Å². The first-order valence-electron chi connectivity index (χ1n) is 12.2. The van der Waals surface area contributed by atoms with Crippen molar-refractivity contribution in [3.63, 3.8) is 0 Å². The molecule has 5 rings (SSSR count). The monoisotopic (exact) mass is 480 g/mol. The first kappa shape index (κ1) is 23.5. The van der Waals surface area contributed by atoms with Crippen LogP contribution in [-0.4, -0.2) is 26.1 Å². The van der Waals surface area contributed by atoms with Crippen molar-refractivity contribution in [2.24, 2.45) is 0 Å². The van der Waals surface area contributed by atoms with Crippen molar-refractivity contribution in [1.29, 1.82) is 0 Å². The minimum Gasteiger partial charge on any atom is -0.492 e. The minimum atomic E-state index is -0.283. The summed E-state index contributed by atoms with van der Waals surface area (Å²) in [5.41, 5.74) is 5.48. The Bertz CT molecular complexity index is 1450. The van der Waals surface area contributed by atoms with Crippen LogP contribution in [0.2, 0.25) is 0 Å². The lowest BCUT2D eigenvalue weighted by atomic mass is 9.99. The van der Waals surface area contributed by atoms with E-state index >= 15 is 0 Å². The average molecular weight is 481 g/mol. The maximum atomic E-state index is 15.0. The highest BCUT2D eigenvalue weighted by Gasteiger charge is 2.18. The Morgan fingerprint density at radius 3 is 2.39 bits per heavy atom. The van der Waals surface area contributed by atoms with Crippen LogP contribution in [0.25, 0.3) is 33.8 Å². The largest absolute Gasteiger partial charge is 0.492 e. The second-order valence-corrected chi connectivity index (χ2v) is 9.15. The molecule has 5 aromatic rings. The topological polar surface area (TPSA) is 55.7 Å². The molecule has 2 aromatic carbocycles. The van der Waals surface area contributed by atoms with Gasteiger partial charge in [0.2, 0.25) is 0 Å². The van der Waals surface area contributed by atoms with Gasteiger partial charge in [0, 0.05) is 35.1 Å². The van der Waals surface area contributed by atoms with E-state index < -0.39 is 0 Å². The lowest BCUT2D eigenvalue weighted by Gasteiger charge is -2.10. The Labute approximate surface area is 210 Å². The number of H-pyrrole nitrogens is 1. The molecule has 3 heterocycles. The summed E-state index contributed by atoms with van der Waals surface area (Å²) in [5.74, 6) is 1.56. The number of rotatable bonds is 8. The van der Waals surface area contributed by atoms with Gasteiger partial charge in [-0.1, -0.05) is 32.0 Å². The number of pyridine rings is 1. The molecule has 0 aliphatic rings. The van der Waals surface area contributed by atoms with Gasteiger partial charge in [-0.3, -0.25) is 4.98 Å². The highest BCUT2D eigenvalue weighted by Crippen LogP contribution is 2.35. The van der Waals surface area contributed by atoms with Crippen LogP contribution in [0.4, 0.5) is 4.39 Å². The molecule has 0 aliphatic carbocycles. The molecule has 0 saturated heterocycles. The molecule has 182 valence electrons. The number of nitrogens with one attached hydrogen (secondary N) is 1. The molecule has 0 atom stereocenters. The van der Waals surface area contributed by atoms with Crippen molar-refractivity contribution in [3.05, 3.63) is 103 Å². The van der Waals surface area contributed by atoms with Gasteiger partial charge in [-0.15, -0.1) is 0 Å². The fourth-order valence-corrected chi connectivity index (χ4v) is 4.15. The molecule has 1 N–H and O–H groups in total. The standard InChI is InChI=1S/C30H29FN4O/c1-20(2)30-33-28(29(34-30)27-8-6-7-21(3)32-27)23-11-14-26(31)25(19-23)22-9-12-24(13-10-22)36-18-17-35-15-4-5-16-35/h4-16,19-20H,17-18H2,1-3H3,(H,33,34). The van der Waals surface area contributed by atoms with Crippen molar-refractivity contribution in [1.82, 2.24) is 19.5 Å². The van der Waals surface area contributed by atoms with Gasteiger partial charge in [0.15, 0.2) is 0 Å². The first-order valence-corrected chi connectivity index (χ1v) is 12.2. The molecule has 0 fully saturated rings. The average Bonchev–Trinajstić information content (AvgIpc) is 3.56. The maximum absolute atomic E-state index is 15.0. The third kappa shape index (κ3) is 5.08. The van der Waals surface area contributed by atoms with Gasteiger partial charge in [-0.25, -0.2) is 9.37 Å². The Morgan fingerprint density at radius 1 is 0.917 bits per heavy atom. The predicted octanol–water partition coefficient (Wildman–Crippen LogP) is 7.26. The molecule has 0 aliphatic heterocycles. The Morgan fingerprint density at radius 2 is 1.67 bits per heavy atom. The highest BCUT2D eigenvalue weighted by atomic mass is 19.1. The highest BCUT2D eigenvalue weighted by molar-refractivity contribution is 5.80. The summed E-state index contributed by atoms with van der Waals surface area (Å²) in [6.07, 6.45) is 4.01. The maximum Gasteiger partial charge on any atom is 0.131 e. The summed E-state index contributed by atoms with van der Waals surface area (Å²) in [7, 11) is 0. The van der Waals surface area contributed by atoms with E-state index in [0.717, 1.165) is 52.0 Å². The van der Waals surface area contributed by atoms with Crippen LogP contribution in [0.3, 0.4) is 0 Å². The van der Waals surface area contributed by atoms with Gasteiger partial charge in [0.25, 0.3) is 0 Å². The number of halogens is 1. The van der Waals surface area contributed by atoms with Gasteiger partial charge in [0.1, 0.15) is 24.0 Å². The zero-order chi connectivity index (χ0) is 25.1. The number of nitrogens with zero attached hydrogens (tertiary/aromatic N) is 3. The van der Waals surface area contributed by atoms with Gasteiger partial charge >= 0.3 is 0 Å². The summed E-state index contributed by atoms with van der Waals surface area (Å²) in [6, 6.07) is 22.6. The van der Waals surface area contributed by atoms with Crippen LogP contribution in [0.5, 0.6) is 5.75 Å². The van der Waals surface area contributed by atoms with E-state index in [4.69, 9.17) is 14.7 Å². The molecule has 0 spiro atoms. The molecule has 3 aromatic heterocycles. The molecule has 5 nitrogen and oxygen atoms in total.